The molecule has 0 saturated carbocycles. The van der Waals surface area contributed by atoms with Gasteiger partial charge in [0.1, 0.15) is 6.10 Å². The fourth-order valence-corrected chi connectivity index (χ4v) is 4.79. The van der Waals surface area contributed by atoms with E-state index < -0.39 is 0 Å². The highest BCUT2D eigenvalue weighted by molar-refractivity contribution is 5.79. The molecule has 3 aliphatic heterocycles. The van der Waals surface area contributed by atoms with E-state index in [4.69, 9.17) is 4.74 Å². The van der Waals surface area contributed by atoms with Crippen molar-refractivity contribution in [2.75, 3.05) is 32.7 Å². The SMILES string of the molecule is Cc1cccc(CN2CCC3(CC2)CC(CN2CCC(O)CC2)OC3=O)n1. The predicted molar refractivity (Wildman–Crippen MR) is 102 cm³/mol. The van der Waals surface area contributed by atoms with Crippen LogP contribution >= 0.6 is 0 Å². The third-order valence-electron chi connectivity index (χ3n) is 6.49. The minimum absolute atomic E-state index is 0.0118. The van der Waals surface area contributed by atoms with Gasteiger partial charge in [-0.05, 0) is 57.8 Å². The Kier molecular flexibility index (Phi) is 5.48. The van der Waals surface area contributed by atoms with Crippen LogP contribution in [-0.2, 0) is 16.1 Å². The van der Waals surface area contributed by atoms with Gasteiger partial charge in [0, 0.05) is 38.3 Å². The van der Waals surface area contributed by atoms with Gasteiger partial charge in [0.2, 0.25) is 0 Å². The number of hydrogen-bond acceptors (Lipinski definition) is 6. The number of ether oxygens (including phenoxy) is 1. The molecule has 6 heteroatoms. The molecule has 1 unspecified atom stereocenters. The van der Waals surface area contributed by atoms with Crippen molar-refractivity contribution in [1.29, 1.82) is 0 Å². The summed E-state index contributed by atoms with van der Waals surface area (Å²) in [7, 11) is 0. The van der Waals surface area contributed by atoms with E-state index in [1.807, 2.05) is 13.0 Å². The molecule has 27 heavy (non-hydrogen) atoms. The van der Waals surface area contributed by atoms with Crippen LogP contribution in [0.25, 0.3) is 0 Å². The molecular formula is C21H31N3O3. The van der Waals surface area contributed by atoms with E-state index in [-0.39, 0.29) is 23.6 Å². The Morgan fingerprint density at radius 1 is 1.19 bits per heavy atom. The van der Waals surface area contributed by atoms with E-state index in [1.54, 1.807) is 0 Å². The molecule has 3 saturated heterocycles. The van der Waals surface area contributed by atoms with Crippen LogP contribution in [0.2, 0.25) is 0 Å². The maximum Gasteiger partial charge on any atom is 0.312 e. The van der Waals surface area contributed by atoms with Gasteiger partial charge in [-0.1, -0.05) is 6.07 Å². The van der Waals surface area contributed by atoms with Gasteiger partial charge in [-0.2, -0.15) is 0 Å². The number of carbonyl (C=O) groups is 1. The van der Waals surface area contributed by atoms with Crippen LogP contribution in [0.1, 0.15) is 43.5 Å². The van der Waals surface area contributed by atoms with Crippen molar-refractivity contribution in [2.24, 2.45) is 5.41 Å². The number of cyclic esters (lactones) is 1. The number of hydrogen-bond donors (Lipinski definition) is 1. The lowest BCUT2D eigenvalue weighted by Crippen LogP contribution is -2.42. The van der Waals surface area contributed by atoms with Crippen molar-refractivity contribution in [3.63, 3.8) is 0 Å². The second kappa shape index (κ2) is 7.86. The average molecular weight is 373 g/mol. The van der Waals surface area contributed by atoms with Crippen LogP contribution in [0.5, 0.6) is 0 Å². The van der Waals surface area contributed by atoms with E-state index in [1.165, 1.54) is 0 Å². The summed E-state index contributed by atoms with van der Waals surface area (Å²) in [6, 6.07) is 6.15. The van der Waals surface area contributed by atoms with Crippen molar-refractivity contribution in [2.45, 2.75) is 57.8 Å². The Balaban J connectivity index is 1.29. The predicted octanol–water partition coefficient (Wildman–Crippen LogP) is 1.74. The van der Waals surface area contributed by atoms with Gasteiger partial charge in [0.25, 0.3) is 0 Å². The summed E-state index contributed by atoms with van der Waals surface area (Å²) in [5.41, 5.74) is 1.87. The molecule has 0 aliphatic carbocycles. The highest BCUT2D eigenvalue weighted by atomic mass is 16.6. The summed E-state index contributed by atoms with van der Waals surface area (Å²) in [6.07, 6.45) is 4.12. The van der Waals surface area contributed by atoms with E-state index in [2.05, 4.69) is 26.9 Å². The highest BCUT2D eigenvalue weighted by Gasteiger charge is 2.50. The molecule has 0 amide bonds. The number of aryl methyl sites for hydroxylation is 1. The number of aliphatic hydroxyl groups excluding tert-OH is 1. The number of nitrogens with zero attached hydrogens (tertiary/aromatic N) is 3. The third kappa shape index (κ3) is 4.33. The Hall–Kier alpha value is -1.50. The first-order chi connectivity index (χ1) is 13.0. The fraction of sp³-hybridized carbons (Fsp3) is 0.714. The van der Waals surface area contributed by atoms with Gasteiger partial charge in [-0.3, -0.25) is 19.6 Å². The summed E-state index contributed by atoms with van der Waals surface area (Å²) in [6.45, 7) is 7.34. The van der Waals surface area contributed by atoms with Crippen LogP contribution in [0.3, 0.4) is 0 Å². The summed E-state index contributed by atoms with van der Waals surface area (Å²) in [5, 5.41) is 9.65. The van der Waals surface area contributed by atoms with E-state index >= 15 is 0 Å². The summed E-state index contributed by atoms with van der Waals surface area (Å²) >= 11 is 0. The van der Waals surface area contributed by atoms with Crippen molar-refractivity contribution in [3.05, 3.63) is 29.6 Å². The Morgan fingerprint density at radius 2 is 1.93 bits per heavy atom. The lowest BCUT2D eigenvalue weighted by molar-refractivity contribution is -0.151. The van der Waals surface area contributed by atoms with Gasteiger partial charge in [0.05, 0.1) is 17.2 Å². The minimum Gasteiger partial charge on any atom is -0.461 e. The minimum atomic E-state index is -0.281. The van der Waals surface area contributed by atoms with Gasteiger partial charge >= 0.3 is 5.97 Å². The van der Waals surface area contributed by atoms with Crippen LogP contribution in [0, 0.1) is 12.3 Å². The molecule has 6 nitrogen and oxygen atoms in total. The summed E-state index contributed by atoms with van der Waals surface area (Å²) in [4.78, 5) is 22.0. The lowest BCUT2D eigenvalue weighted by atomic mass is 9.76. The molecule has 1 aromatic rings. The average Bonchev–Trinajstić information content (AvgIpc) is 2.94. The monoisotopic (exact) mass is 373 g/mol. The maximum atomic E-state index is 12.7. The number of likely N-dealkylation sites (tertiary alicyclic amines) is 2. The van der Waals surface area contributed by atoms with Crippen molar-refractivity contribution < 1.29 is 14.6 Å². The molecule has 4 rings (SSSR count). The Bertz CT molecular complexity index is 664. The van der Waals surface area contributed by atoms with Crippen LogP contribution < -0.4 is 0 Å². The molecule has 0 radical (unpaired) electrons. The Morgan fingerprint density at radius 3 is 2.63 bits per heavy atom. The van der Waals surface area contributed by atoms with Gasteiger partial charge in [-0.25, -0.2) is 0 Å². The first-order valence-corrected chi connectivity index (χ1v) is 10.3. The zero-order valence-corrected chi connectivity index (χ0v) is 16.3. The molecule has 1 N–H and O–H groups in total. The quantitative estimate of drug-likeness (QED) is 0.811. The number of carbonyl (C=O) groups excluding carboxylic acids is 1. The third-order valence-corrected chi connectivity index (χ3v) is 6.49. The molecule has 1 aromatic heterocycles. The van der Waals surface area contributed by atoms with Gasteiger partial charge < -0.3 is 9.84 Å². The molecule has 0 bridgehead atoms. The number of piperidine rings is 2. The van der Waals surface area contributed by atoms with Gasteiger partial charge in [0.15, 0.2) is 0 Å². The van der Waals surface area contributed by atoms with Crippen LogP contribution in [0.15, 0.2) is 18.2 Å². The zero-order valence-electron chi connectivity index (χ0n) is 16.3. The lowest BCUT2D eigenvalue weighted by Gasteiger charge is -2.36. The van der Waals surface area contributed by atoms with E-state index in [0.717, 1.165) is 82.8 Å². The summed E-state index contributed by atoms with van der Waals surface area (Å²) < 4.78 is 5.78. The topological polar surface area (TPSA) is 65.9 Å². The van der Waals surface area contributed by atoms with Crippen LogP contribution in [-0.4, -0.2) is 70.8 Å². The van der Waals surface area contributed by atoms with Crippen molar-refractivity contribution in [1.82, 2.24) is 14.8 Å². The number of esters is 1. The molecule has 1 spiro atoms. The molecular weight excluding hydrogens is 342 g/mol. The molecule has 1 atom stereocenters. The summed E-state index contributed by atoms with van der Waals surface area (Å²) in [5.74, 6) is 0.0119. The second-order valence-corrected chi connectivity index (χ2v) is 8.59. The largest absolute Gasteiger partial charge is 0.461 e. The second-order valence-electron chi connectivity index (χ2n) is 8.59. The maximum absolute atomic E-state index is 12.7. The smallest absolute Gasteiger partial charge is 0.312 e. The zero-order chi connectivity index (χ0) is 18.9. The van der Waals surface area contributed by atoms with Crippen molar-refractivity contribution >= 4 is 5.97 Å². The number of aliphatic hydroxyl groups is 1. The molecule has 3 fully saturated rings. The molecule has 148 valence electrons. The highest BCUT2D eigenvalue weighted by Crippen LogP contribution is 2.43. The first kappa shape index (κ1) is 18.8. The van der Waals surface area contributed by atoms with Crippen molar-refractivity contribution in [3.8, 4) is 0 Å². The number of rotatable bonds is 4. The standard InChI is InChI=1S/C21H31N3O3/c1-16-3-2-4-17(22-16)14-24-11-7-21(8-12-24)13-19(27-20(21)26)15-23-9-5-18(25)6-10-23/h2-4,18-19,25H,5-15H2,1H3. The molecule has 3 aliphatic rings. The first-order valence-electron chi connectivity index (χ1n) is 10.3. The molecule has 4 heterocycles. The Labute approximate surface area is 161 Å². The fourth-order valence-electron chi connectivity index (χ4n) is 4.79. The van der Waals surface area contributed by atoms with E-state index in [0.29, 0.717) is 0 Å². The number of pyridine rings is 1. The van der Waals surface area contributed by atoms with E-state index in [9.17, 15) is 9.90 Å². The van der Waals surface area contributed by atoms with Gasteiger partial charge in [-0.15, -0.1) is 0 Å². The normalized spacial score (nSPS) is 27.2. The number of aromatic nitrogens is 1. The molecule has 0 aromatic carbocycles. The van der Waals surface area contributed by atoms with Crippen LogP contribution in [0.4, 0.5) is 0 Å².